The summed E-state index contributed by atoms with van der Waals surface area (Å²) < 4.78 is 146. The Bertz CT molecular complexity index is 784. The lowest BCUT2D eigenvalue weighted by Crippen LogP contribution is -2.61. The summed E-state index contributed by atoms with van der Waals surface area (Å²) >= 11 is 0. The Morgan fingerprint density at radius 2 is 1.38 bits per heavy atom. The lowest BCUT2D eigenvalue weighted by molar-refractivity contribution is -0.392. The second-order valence-corrected chi connectivity index (χ2v) is 5.60. The fourth-order valence-corrected chi connectivity index (χ4v) is 1.95. The van der Waals surface area contributed by atoms with Gasteiger partial charge >= 0.3 is 30.0 Å². The maximum absolute atomic E-state index is 13.7. The Morgan fingerprint density at radius 1 is 0.862 bits per heavy atom. The minimum atomic E-state index is -7.42. The van der Waals surface area contributed by atoms with Crippen LogP contribution in [0.5, 0.6) is 5.75 Å². The van der Waals surface area contributed by atoms with Gasteiger partial charge in [0.25, 0.3) is 0 Å². The molecule has 0 heterocycles. The van der Waals surface area contributed by atoms with E-state index in [0.717, 1.165) is 13.0 Å². The number of hydrogen-bond donors (Lipinski definition) is 2. The normalized spacial score (nSPS) is 14.7. The number of halogens is 11. The molecule has 0 aliphatic heterocycles. The van der Waals surface area contributed by atoms with Crippen LogP contribution >= 0.6 is 0 Å². The van der Waals surface area contributed by atoms with Crippen LogP contribution in [0, 0.1) is 6.92 Å². The fourth-order valence-electron chi connectivity index (χ4n) is 1.95. The molecule has 0 radical (unpaired) electrons. The van der Waals surface area contributed by atoms with E-state index >= 15 is 0 Å². The van der Waals surface area contributed by atoms with E-state index < -0.39 is 54.7 Å². The molecular formula is C15H11F11O3. The summed E-state index contributed by atoms with van der Waals surface area (Å²) in [5.74, 6) is -26.7. The van der Waals surface area contributed by atoms with Gasteiger partial charge < -0.3 is 14.9 Å². The van der Waals surface area contributed by atoms with Crippen molar-refractivity contribution in [1.82, 2.24) is 0 Å². The zero-order valence-corrected chi connectivity index (χ0v) is 14.0. The Hall–Kier alpha value is -2.09. The van der Waals surface area contributed by atoms with Crippen molar-refractivity contribution in [3.05, 3.63) is 40.7 Å². The minimum Gasteiger partial charge on any atom is -0.429 e. The largest absolute Gasteiger partial charge is 0.460 e. The molecule has 0 bridgehead atoms. The first-order chi connectivity index (χ1) is 13.0. The number of aliphatic hydroxyl groups is 2. The van der Waals surface area contributed by atoms with Crippen molar-refractivity contribution in [3.8, 4) is 5.75 Å². The molecule has 0 fully saturated rings. The van der Waals surface area contributed by atoms with E-state index in [1.165, 1.54) is 0 Å². The van der Waals surface area contributed by atoms with E-state index in [4.69, 9.17) is 10.2 Å². The van der Waals surface area contributed by atoms with Crippen molar-refractivity contribution < 1.29 is 63.2 Å². The third kappa shape index (κ3) is 4.27. The first-order valence-corrected chi connectivity index (χ1v) is 7.23. The lowest BCUT2D eigenvalue weighted by atomic mass is 10.0. The van der Waals surface area contributed by atoms with E-state index in [1.807, 2.05) is 0 Å². The van der Waals surface area contributed by atoms with Crippen LogP contribution in [0.3, 0.4) is 0 Å². The molecule has 1 aromatic rings. The standard InChI is InChI=1S/C15H11F11O3/c1-6-8(5-28)2-7(4-27)3-9(6)29-11(17)10(16)12(18,19)13(20,21)14(22,23)15(24,25)26/h2-3,27-28H,4-5H2,1H3. The minimum absolute atomic E-state index is 0.111. The van der Waals surface area contributed by atoms with Gasteiger partial charge in [0.2, 0.25) is 5.83 Å². The maximum Gasteiger partial charge on any atom is 0.460 e. The van der Waals surface area contributed by atoms with Crippen molar-refractivity contribution in [2.45, 2.75) is 44.1 Å². The van der Waals surface area contributed by atoms with Crippen LogP contribution in [-0.2, 0) is 13.2 Å². The zero-order valence-electron chi connectivity index (χ0n) is 14.0. The Morgan fingerprint density at radius 3 is 1.79 bits per heavy atom. The summed E-state index contributed by atoms with van der Waals surface area (Å²) in [4.78, 5) is 0. The van der Waals surface area contributed by atoms with Crippen LogP contribution < -0.4 is 4.74 Å². The number of ether oxygens (including phenoxy) is 1. The van der Waals surface area contributed by atoms with Gasteiger partial charge in [0.15, 0.2) is 0 Å². The fraction of sp³-hybridized carbons (Fsp3) is 0.467. The molecule has 3 nitrogen and oxygen atoms in total. The van der Waals surface area contributed by atoms with Crippen LogP contribution in [0.15, 0.2) is 24.0 Å². The molecule has 0 amide bonds. The summed E-state index contributed by atoms with van der Waals surface area (Å²) in [6, 6.07) is -1.41. The molecule has 0 spiro atoms. The number of hydrogen-bond acceptors (Lipinski definition) is 3. The molecule has 166 valence electrons. The highest BCUT2D eigenvalue weighted by Gasteiger charge is 2.83. The van der Waals surface area contributed by atoms with E-state index in [1.54, 1.807) is 0 Å². The van der Waals surface area contributed by atoms with E-state index in [-0.39, 0.29) is 16.7 Å². The van der Waals surface area contributed by atoms with Gasteiger partial charge in [-0.15, -0.1) is 0 Å². The van der Waals surface area contributed by atoms with E-state index in [9.17, 15) is 48.3 Å². The highest BCUT2D eigenvalue weighted by Crippen LogP contribution is 2.55. The van der Waals surface area contributed by atoms with Crippen molar-refractivity contribution in [1.29, 1.82) is 0 Å². The molecule has 1 rings (SSSR count). The monoisotopic (exact) mass is 448 g/mol. The maximum atomic E-state index is 13.7. The van der Waals surface area contributed by atoms with Crippen molar-refractivity contribution in [2.24, 2.45) is 0 Å². The smallest absolute Gasteiger partial charge is 0.429 e. The highest BCUT2D eigenvalue weighted by atomic mass is 19.4. The Balaban J connectivity index is 3.46. The summed E-state index contributed by atoms with van der Waals surface area (Å²) in [5, 5.41) is 18.1. The van der Waals surface area contributed by atoms with Gasteiger partial charge in [0, 0.05) is 0 Å². The van der Waals surface area contributed by atoms with Crippen LogP contribution in [0.1, 0.15) is 16.7 Å². The molecule has 0 saturated heterocycles. The molecule has 0 unspecified atom stereocenters. The third-order valence-electron chi connectivity index (χ3n) is 3.67. The predicted molar refractivity (Wildman–Crippen MR) is 73.8 cm³/mol. The number of rotatable bonds is 7. The summed E-state index contributed by atoms with van der Waals surface area (Å²) in [6.07, 6.45) is -7.21. The summed E-state index contributed by atoms with van der Waals surface area (Å²) in [5.41, 5.74) is -0.521. The topological polar surface area (TPSA) is 49.7 Å². The van der Waals surface area contributed by atoms with E-state index in [2.05, 4.69) is 4.74 Å². The average molecular weight is 448 g/mol. The highest BCUT2D eigenvalue weighted by molar-refractivity contribution is 5.43. The zero-order chi connectivity index (χ0) is 23.0. The molecule has 0 saturated carbocycles. The van der Waals surface area contributed by atoms with Crippen molar-refractivity contribution in [3.63, 3.8) is 0 Å². The van der Waals surface area contributed by atoms with Crippen LogP contribution in [0.4, 0.5) is 48.3 Å². The van der Waals surface area contributed by atoms with Gasteiger partial charge in [-0.05, 0) is 29.7 Å². The predicted octanol–water partition coefficient (Wildman–Crippen LogP) is 4.93. The number of aliphatic hydroxyl groups excluding tert-OH is 2. The average Bonchev–Trinajstić information content (AvgIpc) is 2.61. The lowest BCUT2D eigenvalue weighted by Gasteiger charge is -2.32. The van der Waals surface area contributed by atoms with Gasteiger partial charge in [-0.25, -0.2) is 0 Å². The second kappa shape index (κ2) is 7.97. The molecule has 14 heteroatoms. The SMILES string of the molecule is Cc1c(CO)cc(CO)cc1OC(F)=C(F)C(F)(F)C(F)(F)C(F)(F)C(F)(F)F. The first-order valence-electron chi connectivity index (χ1n) is 7.23. The molecule has 29 heavy (non-hydrogen) atoms. The van der Waals surface area contributed by atoms with Gasteiger partial charge in [-0.3, -0.25) is 0 Å². The van der Waals surface area contributed by atoms with Crippen LogP contribution in [-0.4, -0.2) is 34.2 Å². The molecular weight excluding hydrogens is 437 g/mol. The summed E-state index contributed by atoms with van der Waals surface area (Å²) in [7, 11) is 0. The van der Waals surface area contributed by atoms with Gasteiger partial charge in [0.1, 0.15) is 5.75 Å². The number of allylic oxidation sites excluding steroid dienone is 1. The van der Waals surface area contributed by atoms with E-state index in [0.29, 0.717) is 6.07 Å². The molecule has 0 atom stereocenters. The molecule has 0 aromatic heterocycles. The van der Waals surface area contributed by atoms with Crippen molar-refractivity contribution >= 4 is 0 Å². The molecule has 0 aliphatic carbocycles. The van der Waals surface area contributed by atoms with Crippen molar-refractivity contribution in [2.75, 3.05) is 0 Å². The third-order valence-corrected chi connectivity index (χ3v) is 3.67. The number of alkyl halides is 9. The molecule has 2 N–H and O–H groups in total. The molecule has 1 aromatic carbocycles. The van der Waals surface area contributed by atoms with Gasteiger partial charge in [-0.1, -0.05) is 6.07 Å². The van der Waals surface area contributed by atoms with Gasteiger partial charge in [0.05, 0.1) is 13.2 Å². The Kier molecular flexibility index (Phi) is 6.86. The quantitative estimate of drug-likeness (QED) is 0.459. The van der Waals surface area contributed by atoms with Gasteiger partial charge in [-0.2, -0.15) is 48.3 Å². The summed E-state index contributed by atoms with van der Waals surface area (Å²) in [6.45, 7) is -0.517. The second-order valence-electron chi connectivity index (χ2n) is 5.60. The van der Waals surface area contributed by atoms with Crippen LogP contribution in [0.25, 0.3) is 0 Å². The van der Waals surface area contributed by atoms with Crippen LogP contribution in [0.2, 0.25) is 0 Å². The Labute approximate surface area is 155 Å². The number of benzene rings is 1. The molecule has 0 aliphatic rings. The first kappa shape index (κ1) is 24.9.